The zero-order valence-electron chi connectivity index (χ0n) is 12.1. The van der Waals surface area contributed by atoms with Crippen molar-refractivity contribution in [1.82, 2.24) is 4.98 Å². The fraction of sp³-hybridized carbons (Fsp3) is 0.267. The van der Waals surface area contributed by atoms with Crippen LogP contribution in [0.5, 0.6) is 17.2 Å². The second-order valence-corrected chi connectivity index (χ2v) is 4.60. The second-order valence-electron chi connectivity index (χ2n) is 4.21. The number of aromatic nitrogens is 1. The average molecular weight is 309 g/mol. The van der Waals surface area contributed by atoms with Crippen molar-refractivity contribution >= 4 is 17.4 Å². The van der Waals surface area contributed by atoms with Crippen molar-refractivity contribution in [3.63, 3.8) is 0 Å². The van der Waals surface area contributed by atoms with Crippen LogP contribution in [-0.2, 0) is 6.54 Å². The number of nitrogens with zero attached hydrogens (tertiary/aromatic N) is 1. The lowest BCUT2D eigenvalue weighted by atomic mass is 10.1. The van der Waals surface area contributed by atoms with Gasteiger partial charge in [-0.1, -0.05) is 17.7 Å². The quantitative estimate of drug-likeness (QED) is 0.829. The summed E-state index contributed by atoms with van der Waals surface area (Å²) < 4.78 is 16.0. The number of nitrogens with one attached hydrogen (secondary N) is 1. The Bertz CT molecular complexity index is 595. The molecule has 6 heteroatoms. The van der Waals surface area contributed by atoms with E-state index >= 15 is 0 Å². The number of benzene rings is 1. The van der Waals surface area contributed by atoms with Gasteiger partial charge in [0.15, 0.2) is 0 Å². The lowest BCUT2D eigenvalue weighted by Crippen LogP contribution is -2.05. The molecule has 2 rings (SSSR count). The van der Waals surface area contributed by atoms with Gasteiger partial charge in [-0.3, -0.25) is 0 Å². The SMILES string of the molecule is COc1cc(OC)c(CNc2cccc(Cl)n2)c(OC)c1. The molecule has 0 saturated carbocycles. The van der Waals surface area contributed by atoms with Crippen molar-refractivity contribution in [2.24, 2.45) is 0 Å². The molecule has 0 atom stereocenters. The summed E-state index contributed by atoms with van der Waals surface area (Å²) in [6, 6.07) is 9.02. The predicted octanol–water partition coefficient (Wildman–Crippen LogP) is 3.37. The van der Waals surface area contributed by atoms with Crippen LogP contribution < -0.4 is 19.5 Å². The number of methoxy groups -OCH3 is 3. The molecule has 0 spiro atoms. The van der Waals surface area contributed by atoms with Crippen LogP contribution in [0.25, 0.3) is 0 Å². The highest BCUT2D eigenvalue weighted by molar-refractivity contribution is 6.29. The molecule has 0 amide bonds. The standard InChI is InChI=1S/C15H17ClN2O3/c1-19-10-7-12(20-2)11(13(8-10)21-3)9-17-15-6-4-5-14(16)18-15/h4-8H,9H2,1-3H3,(H,17,18). The molecule has 112 valence electrons. The maximum absolute atomic E-state index is 5.87. The minimum atomic E-state index is 0.439. The Hall–Kier alpha value is -2.14. The predicted molar refractivity (Wildman–Crippen MR) is 82.7 cm³/mol. The van der Waals surface area contributed by atoms with E-state index in [1.54, 1.807) is 27.4 Å². The van der Waals surface area contributed by atoms with E-state index in [4.69, 9.17) is 25.8 Å². The van der Waals surface area contributed by atoms with Crippen molar-refractivity contribution in [2.45, 2.75) is 6.54 Å². The van der Waals surface area contributed by atoms with Crippen LogP contribution in [0.1, 0.15) is 5.56 Å². The summed E-state index contributed by atoms with van der Waals surface area (Å²) in [5, 5.41) is 3.63. The molecule has 5 nitrogen and oxygen atoms in total. The number of anilines is 1. The van der Waals surface area contributed by atoms with E-state index in [-0.39, 0.29) is 0 Å². The monoisotopic (exact) mass is 308 g/mol. The largest absolute Gasteiger partial charge is 0.496 e. The van der Waals surface area contributed by atoms with Gasteiger partial charge >= 0.3 is 0 Å². The number of ether oxygens (including phenoxy) is 3. The maximum atomic E-state index is 5.87. The molecule has 21 heavy (non-hydrogen) atoms. The Morgan fingerprint density at radius 2 is 1.71 bits per heavy atom. The highest BCUT2D eigenvalue weighted by Crippen LogP contribution is 2.34. The minimum absolute atomic E-state index is 0.439. The van der Waals surface area contributed by atoms with Crippen molar-refractivity contribution in [3.05, 3.63) is 41.0 Å². The van der Waals surface area contributed by atoms with Gasteiger partial charge in [0.1, 0.15) is 28.2 Å². The molecule has 0 unspecified atom stereocenters. The second kappa shape index (κ2) is 7.04. The van der Waals surface area contributed by atoms with Crippen LogP contribution in [0.4, 0.5) is 5.82 Å². The Morgan fingerprint density at radius 1 is 1.05 bits per heavy atom. The molecule has 0 bridgehead atoms. The Labute approximate surface area is 128 Å². The van der Waals surface area contributed by atoms with E-state index in [0.29, 0.717) is 34.8 Å². The van der Waals surface area contributed by atoms with E-state index in [2.05, 4.69) is 10.3 Å². The van der Waals surface area contributed by atoms with E-state index in [1.807, 2.05) is 24.3 Å². The lowest BCUT2D eigenvalue weighted by Gasteiger charge is -2.15. The van der Waals surface area contributed by atoms with Crippen LogP contribution >= 0.6 is 11.6 Å². The van der Waals surface area contributed by atoms with E-state index in [9.17, 15) is 0 Å². The summed E-state index contributed by atoms with van der Waals surface area (Å²) in [5.41, 5.74) is 0.877. The Morgan fingerprint density at radius 3 is 2.24 bits per heavy atom. The van der Waals surface area contributed by atoms with Gasteiger partial charge in [0.25, 0.3) is 0 Å². The van der Waals surface area contributed by atoms with Gasteiger partial charge in [0, 0.05) is 18.7 Å². The topological polar surface area (TPSA) is 52.6 Å². The summed E-state index contributed by atoms with van der Waals surface area (Å²) in [6.45, 7) is 0.490. The van der Waals surface area contributed by atoms with E-state index < -0.39 is 0 Å². The van der Waals surface area contributed by atoms with Crippen molar-refractivity contribution < 1.29 is 14.2 Å². The number of pyridine rings is 1. The fourth-order valence-corrected chi connectivity index (χ4v) is 2.10. The average Bonchev–Trinajstić information content (AvgIpc) is 2.52. The summed E-state index contributed by atoms with van der Waals surface area (Å²) in [7, 11) is 4.81. The number of hydrogen-bond acceptors (Lipinski definition) is 5. The molecule has 1 aromatic carbocycles. The highest BCUT2D eigenvalue weighted by Gasteiger charge is 2.13. The van der Waals surface area contributed by atoms with Gasteiger partial charge in [0.2, 0.25) is 0 Å². The van der Waals surface area contributed by atoms with Crippen LogP contribution in [0.15, 0.2) is 30.3 Å². The molecule has 1 aromatic heterocycles. The molecular formula is C15H17ClN2O3. The lowest BCUT2D eigenvalue weighted by molar-refractivity contribution is 0.369. The zero-order chi connectivity index (χ0) is 15.2. The van der Waals surface area contributed by atoms with Crippen molar-refractivity contribution in [2.75, 3.05) is 26.6 Å². The van der Waals surface area contributed by atoms with Crippen LogP contribution in [0, 0.1) is 0 Å². The molecule has 2 aromatic rings. The molecule has 1 heterocycles. The van der Waals surface area contributed by atoms with Crippen LogP contribution in [-0.4, -0.2) is 26.3 Å². The summed E-state index contributed by atoms with van der Waals surface area (Å²) >= 11 is 5.87. The maximum Gasteiger partial charge on any atom is 0.131 e. The number of hydrogen-bond donors (Lipinski definition) is 1. The van der Waals surface area contributed by atoms with Crippen LogP contribution in [0.2, 0.25) is 5.15 Å². The fourth-order valence-electron chi connectivity index (χ4n) is 1.94. The molecule has 0 aliphatic rings. The normalized spacial score (nSPS) is 10.1. The van der Waals surface area contributed by atoms with Gasteiger partial charge < -0.3 is 19.5 Å². The molecule has 0 aliphatic heterocycles. The minimum Gasteiger partial charge on any atom is -0.496 e. The van der Waals surface area contributed by atoms with Crippen LogP contribution in [0.3, 0.4) is 0 Å². The van der Waals surface area contributed by atoms with Crippen molar-refractivity contribution in [3.8, 4) is 17.2 Å². The van der Waals surface area contributed by atoms with E-state index in [1.165, 1.54) is 0 Å². The summed E-state index contributed by atoms with van der Waals surface area (Å²) in [5.74, 6) is 2.72. The summed E-state index contributed by atoms with van der Waals surface area (Å²) in [6.07, 6.45) is 0. The molecular weight excluding hydrogens is 292 g/mol. The van der Waals surface area contributed by atoms with Gasteiger partial charge in [-0.15, -0.1) is 0 Å². The first-order valence-corrected chi connectivity index (χ1v) is 6.71. The molecule has 0 aliphatic carbocycles. The third kappa shape index (κ3) is 3.70. The Balaban J connectivity index is 2.26. The molecule has 1 N–H and O–H groups in total. The smallest absolute Gasteiger partial charge is 0.131 e. The summed E-state index contributed by atoms with van der Waals surface area (Å²) in [4.78, 5) is 4.18. The van der Waals surface area contributed by atoms with Gasteiger partial charge in [-0.05, 0) is 12.1 Å². The first-order chi connectivity index (χ1) is 10.2. The van der Waals surface area contributed by atoms with Crippen molar-refractivity contribution in [1.29, 1.82) is 0 Å². The molecule has 0 saturated heterocycles. The number of rotatable bonds is 6. The zero-order valence-corrected chi connectivity index (χ0v) is 12.9. The molecule has 0 radical (unpaired) electrons. The van der Waals surface area contributed by atoms with Gasteiger partial charge in [-0.25, -0.2) is 4.98 Å². The third-order valence-electron chi connectivity index (χ3n) is 2.98. The number of halogens is 1. The first-order valence-electron chi connectivity index (χ1n) is 6.33. The van der Waals surface area contributed by atoms with Gasteiger partial charge in [-0.2, -0.15) is 0 Å². The Kier molecular flexibility index (Phi) is 5.11. The molecule has 0 fully saturated rings. The van der Waals surface area contributed by atoms with E-state index in [0.717, 1.165) is 5.56 Å². The third-order valence-corrected chi connectivity index (χ3v) is 3.19. The first kappa shape index (κ1) is 15.3. The van der Waals surface area contributed by atoms with Gasteiger partial charge in [0.05, 0.1) is 26.9 Å². The highest BCUT2D eigenvalue weighted by atomic mass is 35.5.